The lowest BCUT2D eigenvalue weighted by Gasteiger charge is -2.18. The van der Waals surface area contributed by atoms with E-state index in [-0.39, 0.29) is 11.8 Å². The van der Waals surface area contributed by atoms with E-state index < -0.39 is 11.9 Å². The molecule has 3 rings (SSSR count). The van der Waals surface area contributed by atoms with Crippen LogP contribution in [0.4, 0.5) is 10.2 Å². The van der Waals surface area contributed by atoms with Crippen LogP contribution in [0.1, 0.15) is 40.5 Å². The highest BCUT2D eigenvalue weighted by Gasteiger charge is 2.22. The Morgan fingerprint density at radius 3 is 2.41 bits per heavy atom. The van der Waals surface area contributed by atoms with Gasteiger partial charge in [0, 0.05) is 17.8 Å². The third-order valence-corrected chi connectivity index (χ3v) is 4.50. The number of nitrogens with zero attached hydrogens (tertiary/aromatic N) is 1. The highest BCUT2D eigenvalue weighted by atomic mass is 35.5. The Balaban J connectivity index is 1.80. The van der Waals surface area contributed by atoms with Gasteiger partial charge in [-0.3, -0.25) is 4.79 Å². The van der Waals surface area contributed by atoms with Gasteiger partial charge in [-0.15, -0.1) is 0 Å². The number of benzene rings is 2. The molecule has 138 valence electrons. The largest absolute Gasteiger partial charge is 0.364 e. The second kappa shape index (κ2) is 8.75. The topological polar surface area (TPSA) is 54.0 Å². The van der Waals surface area contributed by atoms with E-state index in [0.717, 1.165) is 5.56 Å². The van der Waals surface area contributed by atoms with Gasteiger partial charge in [0.2, 0.25) is 0 Å². The van der Waals surface area contributed by atoms with Crippen molar-refractivity contribution in [2.45, 2.75) is 19.0 Å². The Morgan fingerprint density at radius 2 is 1.74 bits per heavy atom. The number of anilines is 1. The highest BCUT2D eigenvalue weighted by Crippen LogP contribution is 2.23. The van der Waals surface area contributed by atoms with Crippen LogP contribution in [0.5, 0.6) is 0 Å². The van der Waals surface area contributed by atoms with E-state index in [1.54, 1.807) is 18.3 Å². The van der Waals surface area contributed by atoms with Crippen molar-refractivity contribution in [2.75, 3.05) is 5.32 Å². The van der Waals surface area contributed by atoms with Crippen LogP contribution < -0.4 is 10.2 Å². The normalized spacial score (nSPS) is 13.0. The molecule has 6 heteroatoms. The van der Waals surface area contributed by atoms with Crippen molar-refractivity contribution in [2.24, 2.45) is 0 Å². The number of rotatable bonds is 7. The molecule has 0 saturated carbocycles. The van der Waals surface area contributed by atoms with Gasteiger partial charge in [0.05, 0.1) is 0 Å². The highest BCUT2D eigenvalue weighted by molar-refractivity contribution is 6.16. The Labute approximate surface area is 162 Å². The van der Waals surface area contributed by atoms with Crippen LogP contribution in [0.3, 0.4) is 0 Å². The summed E-state index contributed by atoms with van der Waals surface area (Å²) >= 11 is 5.85. The molecule has 0 amide bonds. The maximum absolute atomic E-state index is 13.1. The summed E-state index contributed by atoms with van der Waals surface area (Å²) in [6, 6.07) is 18.1. The molecule has 2 N–H and O–H groups in total. The standard InChI is InChI=1S/C21H19ClFN3O/c1-14(15-5-3-2-4-6-15)25-19-13-17(11-12-24-19)20(26-22)21(27)16-7-9-18(23)10-8-16/h2-14,20,26H,1H3,(H,24,25). The zero-order valence-corrected chi connectivity index (χ0v) is 15.5. The molecule has 0 saturated heterocycles. The lowest BCUT2D eigenvalue weighted by atomic mass is 9.99. The number of carbonyl (C=O) groups excluding carboxylic acids is 1. The summed E-state index contributed by atoms with van der Waals surface area (Å²) in [5, 5.41) is 3.32. The molecular formula is C21H19ClFN3O. The van der Waals surface area contributed by atoms with Crippen molar-refractivity contribution in [1.29, 1.82) is 0 Å². The third kappa shape index (κ3) is 4.70. The van der Waals surface area contributed by atoms with E-state index in [0.29, 0.717) is 16.9 Å². The SMILES string of the molecule is CC(Nc1cc(C(NCl)C(=O)c2ccc(F)cc2)ccn1)c1ccccc1. The van der Waals surface area contributed by atoms with E-state index in [2.05, 4.69) is 15.1 Å². The van der Waals surface area contributed by atoms with Gasteiger partial charge in [0.25, 0.3) is 0 Å². The smallest absolute Gasteiger partial charge is 0.185 e. The molecule has 2 atom stereocenters. The molecule has 1 heterocycles. The Hall–Kier alpha value is -2.76. The number of hydrogen-bond acceptors (Lipinski definition) is 4. The Kier molecular flexibility index (Phi) is 6.16. The van der Waals surface area contributed by atoms with Crippen LogP contribution in [-0.4, -0.2) is 10.8 Å². The number of Topliss-reactive ketones (excluding diaryl/α,β-unsaturated/α-hetero) is 1. The van der Waals surface area contributed by atoms with Gasteiger partial charge in [-0.05, 0) is 66.2 Å². The second-order valence-corrected chi connectivity index (χ2v) is 6.38. The van der Waals surface area contributed by atoms with Crippen LogP contribution >= 0.6 is 11.8 Å². The first kappa shape index (κ1) is 19.0. The minimum absolute atomic E-state index is 0.0455. The predicted octanol–water partition coefficient (Wildman–Crippen LogP) is 5.06. The van der Waals surface area contributed by atoms with E-state index in [1.165, 1.54) is 24.3 Å². The monoisotopic (exact) mass is 383 g/mol. The number of carbonyl (C=O) groups is 1. The quantitative estimate of drug-likeness (QED) is 0.442. The fourth-order valence-corrected chi connectivity index (χ4v) is 3.02. The molecular weight excluding hydrogens is 365 g/mol. The molecule has 1 aromatic heterocycles. The number of hydrogen-bond donors (Lipinski definition) is 2. The van der Waals surface area contributed by atoms with Crippen LogP contribution in [0, 0.1) is 5.82 Å². The van der Waals surface area contributed by atoms with Crippen molar-refractivity contribution >= 4 is 23.4 Å². The van der Waals surface area contributed by atoms with Crippen molar-refractivity contribution in [3.63, 3.8) is 0 Å². The summed E-state index contributed by atoms with van der Waals surface area (Å²) in [6.45, 7) is 2.03. The predicted molar refractivity (Wildman–Crippen MR) is 105 cm³/mol. The number of ketones is 1. The van der Waals surface area contributed by atoms with Crippen LogP contribution in [0.25, 0.3) is 0 Å². The summed E-state index contributed by atoms with van der Waals surface area (Å²) in [5.74, 6) is -0.0156. The van der Waals surface area contributed by atoms with E-state index in [4.69, 9.17) is 11.8 Å². The average Bonchev–Trinajstić information content (AvgIpc) is 2.70. The van der Waals surface area contributed by atoms with Gasteiger partial charge in [0.15, 0.2) is 5.78 Å². The zero-order valence-electron chi connectivity index (χ0n) is 14.7. The van der Waals surface area contributed by atoms with Gasteiger partial charge < -0.3 is 5.32 Å². The minimum atomic E-state index is -0.771. The van der Waals surface area contributed by atoms with Gasteiger partial charge in [-0.25, -0.2) is 14.2 Å². The molecule has 0 aliphatic carbocycles. The van der Waals surface area contributed by atoms with Crippen molar-refractivity contribution < 1.29 is 9.18 Å². The van der Waals surface area contributed by atoms with Crippen LogP contribution in [-0.2, 0) is 0 Å². The first-order chi connectivity index (χ1) is 13.1. The second-order valence-electron chi connectivity index (χ2n) is 6.16. The average molecular weight is 384 g/mol. The zero-order chi connectivity index (χ0) is 19.2. The first-order valence-electron chi connectivity index (χ1n) is 8.52. The van der Waals surface area contributed by atoms with Gasteiger partial charge in [-0.2, -0.15) is 0 Å². The fraction of sp³-hybridized carbons (Fsp3) is 0.143. The number of aromatic nitrogens is 1. The molecule has 0 aliphatic rings. The maximum Gasteiger partial charge on any atom is 0.185 e. The van der Waals surface area contributed by atoms with E-state index in [1.807, 2.05) is 37.3 Å². The lowest BCUT2D eigenvalue weighted by molar-refractivity contribution is 0.0954. The van der Waals surface area contributed by atoms with Gasteiger partial charge in [-0.1, -0.05) is 30.3 Å². The number of nitrogens with one attached hydrogen (secondary N) is 2. The molecule has 0 aliphatic heterocycles. The first-order valence-corrected chi connectivity index (χ1v) is 8.89. The Bertz CT molecular complexity index is 903. The van der Waals surface area contributed by atoms with Gasteiger partial charge >= 0.3 is 0 Å². The van der Waals surface area contributed by atoms with Crippen molar-refractivity contribution in [3.8, 4) is 0 Å². The molecule has 0 spiro atoms. The van der Waals surface area contributed by atoms with E-state index in [9.17, 15) is 9.18 Å². The minimum Gasteiger partial charge on any atom is -0.364 e. The van der Waals surface area contributed by atoms with Crippen molar-refractivity contribution in [1.82, 2.24) is 9.82 Å². The summed E-state index contributed by atoms with van der Waals surface area (Å²) in [6.07, 6.45) is 1.62. The summed E-state index contributed by atoms with van der Waals surface area (Å²) < 4.78 is 13.1. The summed E-state index contributed by atoms with van der Waals surface area (Å²) in [4.78, 5) is 19.6. The molecule has 3 aromatic rings. The van der Waals surface area contributed by atoms with Crippen LogP contribution in [0.15, 0.2) is 72.9 Å². The van der Waals surface area contributed by atoms with E-state index >= 15 is 0 Å². The number of halogens is 2. The lowest BCUT2D eigenvalue weighted by Crippen LogP contribution is -2.22. The summed E-state index contributed by atoms with van der Waals surface area (Å²) in [5.41, 5.74) is 2.16. The van der Waals surface area contributed by atoms with Crippen molar-refractivity contribution in [3.05, 3.63) is 95.4 Å². The molecule has 0 bridgehead atoms. The maximum atomic E-state index is 13.1. The fourth-order valence-electron chi connectivity index (χ4n) is 2.80. The molecule has 2 unspecified atom stereocenters. The molecule has 27 heavy (non-hydrogen) atoms. The van der Waals surface area contributed by atoms with Crippen LogP contribution in [0.2, 0.25) is 0 Å². The Morgan fingerprint density at radius 1 is 1.04 bits per heavy atom. The molecule has 0 fully saturated rings. The summed E-state index contributed by atoms with van der Waals surface area (Å²) in [7, 11) is 0. The third-order valence-electron chi connectivity index (χ3n) is 4.28. The molecule has 2 aromatic carbocycles. The molecule has 4 nitrogen and oxygen atoms in total. The molecule has 0 radical (unpaired) electrons. The number of pyridine rings is 1. The van der Waals surface area contributed by atoms with Gasteiger partial charge in [0.1, 0.15) is 17.7 Å².